The van der Waals surface area contributed by atoms with E-state index in [1.165, 1.54) is 81.0 Å². The van der Waals surface area contributed by atoms with Crippen LogP contribution in [0.5, 0.6) is 0 Å². The van der Waals surface area contributed by atoms with Crippen LogP contribution in [0.3, 0.4) is 0 Å². The number of phosphoric acid groups is 1. The summed E-state index contributed by atoms with van der Waals surface area (Å²) in [6.07, 6.45) is 16.6. The Hall–Kier alpha value is -1.78. The number of aromatic nitrogens is 2. The van der Waals surface area contributed by atoms with Gasteiger partial charge in [0.25, 0.3) is 0 Å². The van der Waals surface area contributed by atoms with Gasteiger partial charge in [0.1, 0.15) is 12.0 Å². The van der Waals surface area contributed by atoms with Crippen molar-refractivity contribution in [2.24, 2.45) is 0 Å². The fourth-order valence-corrected chi connectivity index (χ4v) is 5.71. The van der Waals surface area contributed by atoms with Gasteiger partial charge in [0, 0.05) is 6.20 Å². The number of carboxylic acid groups (broad SMARTS) is 1. The van der Waals surface area contributed by atoms with Crippen molar-refractivity contribution in [3.63, 3.8) is 0 Å². The lowest BCUT2D eigenvalue weighted by Crippen LogP contribution is -2.28. The van der Waals surface area contributed by atoms with Gasteiger partial charge in [-0.25, -0.2) is 14.2 Å². The van der Waals surface area contributed by atoms with E-state index in [1.54, 1.807) is 0 Å². The molecule has 0 radical (unpaired) electrons. The second-order valence-corrected chi connectivity index (χ2v) is 11.8. The number of hydrogen-bond donors (Lipinski definition) is 3. The molecule has 1 aromatic heterocycles. The Kier molecular flexibility index (Phi) is 15.9. The maximum atomic E-state index is 12.4. The molecule has 11 nitrogen and oxygen atoms in total. The first-order chi connectivity index (χ1) is 18.7. The summed E-state index contributed by atoms with van der Waals surface area (Å²) < 4.78 is 29.4. The molecular weight excluding hydrogens is 525 g/mol. The topological polar surface area (TPSA) is 163 Å². The van der Waals surface area contributed by atoms with Crippen molar-refractivity contribution in [1.29, 1.82) is 0 Å². The molecule has 39 heavy (non-hydrogen) atoms. The summed E-state index contributed by atoms with van der Waals surface area (Å²) in [5.41, 5.74) is 4.95. The third kappa shape index (κ3) is 13.9. The van der Waals surface area contributed by atoms with Gasteiger partial charge in [-0.1, -0.05) is 96.8 Å². The summed E-state index contributed by atoms with van der Waals surface area (Å²) in [5, 5.41) is 9.44. The van der Waals surface area contributed by atoms with Crippen LogP contribution in [0.15, 0.2) is 17.1 Å². The molecule has 0 aliphatic carbocycles. The zero-order chi connectivity index (χ0) is 28.5. The first-order valence-electron chi connectivity index (χ1n) is 14.6. The number of anilines is 1. The number of nitrogens with two attached hydrogens (primary N) is 1. The fourth-order valence-electron chi connectivity index (χ4n) is 4.77. The smallest absolute Gasteiger partial charge is 0.473 e. The second-order valence-electron chi connectivity index (χ2n) is 10.4. The molecule has 2 heterocycles. The first-order valence-corrected chi connectivity index (χ1v) is 16.1. The molecule has 0 bridgehead atoms. The Morgan fingerprint density at radius 1 is 1.08 bits per heavy atom. The van der Waals surface area contributed by atoms with E-state index in [9.17, 15) is 24.2 Å². The van der Waals surface area contributed by atoms with Crippen LogP contribution in [0.2, 0.25) is 0 Å². The average Bonchev–Trinajstić information content (AvgIpc) is 3.35. The summed E-state index contributed by atoms with van der Waals surface area (Å²) in [6, 6.07) is 1.48. The highest BCUT2D eigenvalue weighted by molar-refractivity contribution is 7.47. The molecule has 2 rings (SSSR count). The summed E-state index contributed by atoms with van der Waals surface area (Å²) in [4.78, 5) is 37.3. The van der Waals surface area contributed by atoms with Crippen LogP contribution >= 0.6 is 7.82 Å². The average molecular weight is 574 g/mol. The molecule has 1 aromatic rings. The van der Waals surface area contributed by atoms with E-state index in [1.807, 2.05) is 0 Å². The lowest BCUT2D eigenvalue weighted by Gasteiger charge is -2.20. The van der Waals surface area contributed by atoms with Gasteiger partial charge in [0.15, 0.2) is 6.10 Å². The summed E-state index contributed by atoms with van der Waals surface area (Å²) in [6.45, 7) is 1.96. The summed E-state index contributed by atoms with van der Waals surface area (Å²) in [7, 11) is -4.61. The number of aliphatic carboxylic acids is 1. The Morgan fingerprint density at radius 2 is 1.64 bits per heavy atom. The molecule has 4 atom stereocenters. The van der Waals surface area contributed by atoms with Crippen molar-refractivity contribution in [2.45, 2.75) is 135 Å². The van der Waals surface area contributed by atoms with Crippen LogP contribution < -0.4 is 11.4 Å². The number of hydrogen-bond acceptors (Lipinski definition) is 8. The van der Waals surface area contributed by atoms with Crippen LogP contribution in [-0.4, -0.2) is 44.3 Å². The van der Waals surface area contributed by atoms with E-state index in [2.05, 4.69) is 11.9 Å². The SMILES string of the molecule is CCCCCCCCCCCCCCCCC(OP(=O)(O)OC[C@@H]1CC[C@H](n2ccc(N)nc2=O)O1)C(=O)O. The number of phosphoric ester groups is 1. The molecule has 1 aliphatic heterocycles. The number of carboxylic acids is 1. The summed E-state index contributed by atoms with van der Waals surface area (Å²) in [5.74, 6) is -1.19. The van der Waals surface area contributed by atoms with Crippen molar-refractivity contribution < 1.29 is 33.1 Å². The quantitative estimate of drug-likeness (QED) is 0.111. The van der Waals surface area contributed by atoms with E-state index in [-0.39, 0.29) is 18.8 Å². The predicted molar refractivity (Wildman–Crippen MR) is 149 cm³/mol. The van der Waals surface area contributed by atoms with Crippen molar-refractivity contribution in [1.82, 2.24) is 9.55 Å². The number of nitrogen functional groups attached to an aromatic ring is 1. The molecule has 2 unspecified atom stereocenters. The molecule has 1 aliphatic rings. The summed E-state index contributed by atoms with van der Waals surface area (Å²) >= 11 is 0. The van der Waals surface area contributed by atoms with Crippen molar-refractivity contribution in [2.75, 3.05) is 12.3 Å². The van der Waals surface area contributed by atoms with Gasteiger partial charge >= 0.3 is 19.5 Å². The molecule has 4 N–H and O–H groups in total. The van der Waals surface area contributed by atoms with Gasteiger partial charge in [-0.05, 0) is 25.3 Å². The second kappa shape index (κ2) is 18.5. The van der Waals surface area contributed by atoms with Gasteiger partial charge in [-0.3, -0.25) is 13.6 Å². The largest absolute Gasteiger partial charge is 0.479 e. The number of nitrogens with zero attached hydrogens (tertiary/aromatic N) is 2. The molecule has 12 heteroatoms. The van der Waals surface area contributed by atoms with Crippen LogP contribution in [0.1, 0.15) is 122 Å². The van der Waals surface area contributed by atoms with Crippen molar-refractivity contribution >= 4 is 19.6 Å². The zero-order valence-electron chi connectivity index (χ0n) is 23.4. The lowest BCUT2D eigenvalue weighted by molar-refractivity contribution is -0.146. The van der Waals surface area contributed by atoms with Crippen LogP contribution in [-0.2, 0) is 23.1 Å². The molecular formula is C27H48N3O8P. The van der Waals surface area contributed by atoms with Crippen molar-refractivity contribution in [3.8, 4) is 0 Å². The predicted octanol–water partition coefficient (Wildman–Crippen LogP) is 5.96. The highest BCUT2D eigenvalue weighted by atomic mass is 31.2. The lowest BCUT2D eigenvalue weighted by atomic mass is 10.0. The normalized spacial score (nSPS) is 19.6. The zero-order valence-corrected chi connectivity index (χ0v) is 24.3. The fraction of sp³-hybridized carbons (Fsp3) is 0.815. The van der Waals surface area contributed by atoms with Crippen LogP contribution in [0.25, 0.3) is 0 Å². The molecule has 0 amide bonds. The van der Waals surface area contributed by atoms with E-state index < -0.39 is 37.9 Å². The monoisotopic (exact) mass is 573 g/mol. The van der Waals surface area contributed by atoms with Gasteiger partial charge in [0.05, 0.1) is 12.7 Å². The number of unbranched alkanes of at least 4 members (excludes halogenated alkanes) is 13. The minimum atomic E-state index is -4.61. The number of carbonyl (C=O) groups is 1. The Balaban J connectivity index is 1.57. The van der Waals surface area contributed by atoms with Crippen molar-refractivity contribution in [3.05, 3.63) is 22.7 Å². The van der Waals surface area contributed by atoms with E-state index in [4.69, 9.17) is 19.5 Å². The minimum absolute atomic E-state index is 0.106. The molecule has 224 valence electrons. The van der Waals surface area contributed by atoms with E-state index in [0.717, 1.165) is 19.3 Å². The molecule has 1 fully saturated rings. The maximum absolute atomic E-state index is 12.4. The van der Waals surface area contributed by atoms with Crippen LogP contribution in [0.4, 0.5) is 5.82 Å². The third-order valence-electron chi connectivity index (χ3n) is 7.03. The van der Waals surface area contributed by atoms with Gasteiger partial charge in [-0.2, -0.15) is 4.98 Å². The highest BCUT2D eigenvalue weighted by Gasteiger charge is 2.34. The van der Waals surface area contributed by atoms with Crippen LogP contribution in [0, 0.1) is 0 Å². The molecule has 0 spiro atoms. The standard InChI is InChI=1S/C27H48N3O8P/c1-2-3-4-5-6-7-8-9-10-11-12-13-14-15-16-23(26(31)32)38-39(34,35)36-21-22-17-18-25(37-22)30-20-19-24(28)29-27(30)33/h19-20,22-23,25H,2-18,21H2,1H3,(H,31,32)(H,34,35)(H2,28,29,33)/t22-,23?,25+/m0/s1. The highest BCUT2D eigenvalue weighted by Crippen LogP contribution is 2.46. The van der Waals surface area contributed by atoms with Gasteiger partial charge in [0.2, 0.25) is 0 Å². The van der Waals surface area contributed by atoms with E-state index >= 15 is 0 Å². The Labute approximate surface area is 232 Å². The molecule has 0 saturated carbocycles. The number of ether oxygens (including phenoxy) is 1. The minimum Gasteiger partial charge on any atom is -0.479 e. The maximum Gasteiger partial charge on any atom is 0.473 e. The molecule has 1 saturated heterocycles. The third-order valence-corrected chi connectivity index (χ3v) is 8.02. The molecule has 0 aromatic carbocycles. The Morgan fingerprint density at radius 3 is 2.18 bits per heavy atom. The van der Waals surface area contributed by atoms with Gasteiger partial charge in [-0.15, -0.1) is 0 Å². The number of rotatable bonds is 22. The van der Waals surface area contributed by atoms with Gasteiger partial charge < -0.3 is 20.5 Å². The van der Waals surface area contributed by atoms with E-state index in [0.29, 0.717) is 19.3 Å². The first kappa shape index (κ1) is 33.4. The Bertz CT molecular complexity index is 944.